The van der Waals surface area contributed by atoms with Crippen molar-refractivity contribution in [2.24, 2.45) is 16.6 Å². The molecule has 1 heterocycles. The predicted molar refractivity (Wildman–Crippen MR) is 59.4 cm³/mol. The number of nitrogens with two attached hydrogens (primary N) is 1. The van der Waals surface area contributed by atoms with Crippen LogP contribution < -0.4 is 11.1 Å². The van der Waals surface area contributed by atoms with E-state index in [1.807, 2.05) is 13.0 Å². The quantitative estimate of drug-likeness (QED) is 0.575. The number of rotatable bonds is 4. The molecule has 0 unspecified atom stereocenters. The molecule has 0 bridgehead atoms. The van der Waals surface area contributed by atoms with Crippen LogP contribution in [0.5, 0.6) is 0 Å². The maximum absolute atomic E-state index is 5.65. The summed E-state index contributed by atoms with van der Waals surface area (Å²) in [7, 11) is 0. The molecule has 0 saturated carbocycles. The Morgan fingerprint density at radius 3 is 2.93 bits per heavy atom. The summed E-state index contributed by atoms with van der Waals surface area (Å²) in [5, 5.41) is 6.79. The first-order valence-corrected chi connectivity index (χ1v) is 5.04. The van der Waals surface area contributed by atoms with Gasteiger partial charge in [-0.1, -0.05) is 19.0 Å². The van der Waals surface area contributed by atoms with Crippen molar-refractivity contribution in [1.29, 1.82) is 0 Å². The summed E-state index contributed by atoms with van der Waals surface area (Å²) in [5.74, 6) is 1.71. The van der Waals surface area contributed by atoms with E-state index in [9.17, 15) is 0 Å². The molecule has 0 aromatic carbocycles. The molecule has 1 aromatic rings. The minimum absolute atomic E-state index is 0.428. The lowest BCUT2D eigenvalue weighted by Crippen LogP contribution is -2.34. The van der Waals surface area contributed by atoms with Crippen molar-refractivity contribution in [3.8, 4) is 0 Å². The number of aliphatic imine (C=N–C) groups is 1. The van der Waals surface area contributed by atoms with Gasteiger partial charge in [-0.25, -0.2) is 4.99 Å². The lowest BCUT2D eigenvalue weighted by molar-refractivity contribution is 0.381. The van der Waals surface area contributed by atoms with Crippen molar-refractivity contribution in [3.05, 3.63) is 17.5 Å². The molecule has 0 aliphatic rings. The van der Waals surface area contributed by atoms with Gasteiger partial charge in [0.05, 0.1) is 5.69 Å². The highest BCUT2D eigenvalue weighted by atomic mass is 16.5. The number of aromatic nitrogens is 1. The fourth-order valence-corrected chi connectivity index (χ4v) is 1.02. The molecule has 0 fully saturated rings. The predicted octanol–water partition coefficient (Wildman–Crippen LogP) is 1.04. The van der Waals surface area contributed by atoms with Crippen LogP contribution in [0, 0.1) is 12.8 Å². The molecule has 84 valence electrons. The SMILES string of the molecule is Cc1cc(CN=C(N)NCC(C)C)on1. The maximum Gasteiger partial charge on any atom is 0.189 e. The zero-order valence-corrected chi connectivity index (χ0v) is 9.45. The monoisotopic (exact) mass is 210 g/mol. The van der Waals surface area contributed by atoms with Gasteiger partial charge in [-0.2, -0.15) is 0 Å². The van der Waals surface area contributed by atoms with Gasteiger partial charge >= 0.3 is 0 Å². The van der Waals surface area contributed by atoms with Crippen LogP contribution in [-0.4, -0.2) is 17.7 Å². The van der Waals surface area contributed by atoms with Crippen LogP contribution in [0.25, 0.3) is 0 Å². The highest BCUT2D eigenvalue weighted by Gasteiger charge is 1.99. The Hall–Kier alpha value is -1.52. The second kappa shape index (κ2) is 5.38. The van der Waals surface area contributed by atoms with Crippen LogP contribution in [0.15, 0.2) is 15.6 Å². The van der Waals surface area contributed by atoms with Crippen LogP contribution in [0.2, 0.25) is 0 Å². The largest absolute Gasteiger partial charge is 0.370 e. The highest BCUT2D eigenvalue weighted by Crippen LogP contribution is 2.02. The van der Waals surface area contributed by atoms with Crippen LogP contribution in [0.3, 0.4) is 0 Å². The van der Waals surface area contributed by atoms with Gasteiger partial charge in [-0.15, -0.1) is 0 Å². The van der Waals surface area contributed by atoms with Crippen molar-refractivity contribution >= 4 is 5.96 Å². The molecule has 5 heteroatoms. The Morgan fingerprint density at radius 1 is 1.67 bits per heavy atom. The summed E-state index contributed by atoms with van der Waals surface area (Å²) in [6, 6.07) is 1.85. The third-order valence-electron chi connectivity index (χ3n) is 1.77. The third kappa shape index (κ3) is 4.49. The summed E-state index contributed by atoms with van der Waals surface area (Å²) in [6.07, 6.45) is 0. The lowest BCUT2D eigenvalue weighted by atomic mass is 10.2. The summed E-state index contributed by atoms with van der Waals surface area (Å²) in [6.45, 7) is 7.35. The van der Waals surface area contributed by atoms with E-state index in [0.29, 0.717) is 18.4 Å². The molecule has 1 rings (SSSR count). The standard InChI is InChI=1S/C10H18N4O/c1-7(2)5-12-10(11)13-6-9-4-8(3)14-15-9/h4,7H,5-6H2,1-3H3,(H3,11,12,13). The van der Waals surface area contributed by atoms with E-state index in [2.05, 4.69) is 29.3 Å². The van der Waals surface area contributed by atoms with Crippen LogP contribution in [-0.2, 0) is 6.54 Å². The van der Waals surface area contributed by atoms with Gasteiger partial charge in [-0.05, 0) is 12.8 Å². The van der Waals surface area contributed by atoms with Crippen molar-refractivity contribution in [2.45, 2.75) is 27.3 Å². The molecule has 0 saturated heterocycles. The second-order valence-electron chi connectivity index (χ2n) is 3.91. The number of aryl methyl sites for hydroxylation is 1. The number of nitrogens with zero attached hydrogens (tertiary/aromatic N) is 2. The van der Waals surface area contributed by atoms with Crippen molar-refractivity contribution in [1.82, 2.24) is 10.5 Å². The molecular formula is C10H18N4O. The van der Waals surface area contributed by atoms with Crippen molar-refractivity contribution in [2.75, 3.05) is 6.54 Å². The van der Waals surface area contributed by atoms with Gasteiger partial charge < -0.3 is 15.6 Å². The molecule has 0 aliphatic heterocycles. The Labute approximate surface area is 89.7 Å². The Kier molecular flexibility index (Phi) is 4.15. The fraction of sp³-hybridized carbons (Fsp3) is 0.600. The van der Waals surface area contributed by atoms with E-state index in [-0.39, 0.29) is 0 Å². The maximum atomic E-state index is 5.65. The van der Waals surface area contributed by atoms with E-state index in [4.69, 9.17) is 10.3 Å². The van der Waals surface area contributed by atoms with Crippen molar-refractivity contribution < 1.29 is 4.52 Å². The average molecular weight is 210 g/mol. The summed E-state index contributed by atoms with van der Waals surface area (Å²) >= 11 is 0. The van der Waals surface area contributed by atoms with Gasteiger partial charge in [0.15, 0.2) is 11.7 Å². The number of guanidine groups is 1. The Morgan fingerprint density at radius 2 is 2.40 bits per heavy atom. The van der Waals surface area contributed by atoms with E-state index in [0.717, 1.165) is 18.0 Å². The zero-order valence-electron chi connectivity index (χ0n) is 9.45. The highest BCUT2D eigenvalue weighted by molar-refractivity contribution is 5.77. The first kappa shape index (κ1) is 11.6. The molecule has 1 aromatic heterocycles. The molecule has 0 aliphatic carbocycles. The summed E-state index contributed by atoms with van der Waals surface area (Å²) in [4.78, 5) is 4.13. The van der Waals surface area contributed by atoms with Gasteiger partial charge in [0.25, 0.3) is 0 Å². The molecule has 5 nitrogen and oxygen atoms in total. The van der Waals surface area contributed by atoms with Gasteiger partial charge in [-0.3, -0.25) is 0 Å². The smallest absolute Gasteiger partial charge is 0.189 e. The van der Waals surface area contributed by atoms with Crippen molar-refractivity contribution in [3.63, 3.8) is 0 Å². The summed E-state index contributed by atoms with van der Waals surface area (Å²) in [5.41, 5.74) is 6.51. The minimum atomic E-state index is 0.428. The normalized spacial score (nSPS) is 12.1. The molecule has 0 spiro atoms. The van der Waals surface area contributed by atoms with Gasteiger partial charge in [0.2, 0.25) is 0 Å². The van der Waals surface area contributed by atoms with E-state index < -0.39 is 0 Å². The molecule has 3 N–H and O–H groups in total. The van der Waals surface area contributed by atoms with Gasteiger partial charge in [0.1, 0.15) is 6.54 Å². The first-order chi connectivity index (χ1) is 7.08. The van der Waals surface area contributed by atoms with E-state index in [1.165, 1.54) is 0 Å². The minimum Gasteiger partial charge on any atom is -0.370 e. The van der Waals surface area contributed by atoms with Crippen LogP contribution >= 0.6 is 0 Å². The number of hydrogen-bond donors (Lipinski definition) is 2. The average Bonchev–Trinajstić information content (AvgIpc) is 2.58. The second-order valence-corrected chi connectivity index (χ2v) is 3.91. The zero-order chi connectivity index (χ0) is 11.3. The third-order valence-corrected chi connectivity index (χ3v) is 1.77. The molecule has 0 atom stereocenters. The first-order valence-electron chi connectivity index (χ1n) is 5.04. The molecule has 0 amide bonds. The van der Waals surface area contributed by atoms with Crippen LogP contribution in [0.4, 0.5) is 0 Å². The fourth-order valence-electron chi connectivity index (χ4n) is 1.02. The summed E-state index contributed by atoms with van der Waals surface area (Å²) < 4.78 is 5.00. The van der Waals surface area contributed by atoms with Crippen LogP contribution in [0.1, 0.15) is 25.3 Å². The van der Waals surface area contributed by atoms with E-state index >= 15 is 0 Å². The number of hydrogen-bond acceptors (Lipinski definition) is 3. The van der Waals surface area contributed by atoms with E-state index in [1.54, 1.807) is 0 Å². The molecule has 15 heavy (non-hydrogen) atoms. The lowest BCUT2D eigenvalue weighted by Gasteiger charge is -2.06. The molecular weight excluding hydrogens is 192 g/mol. The Bertz CT molecular complexity index is 330. The molecule has 0 radical (unpaired) electrons. The van der Waals surface area contributed by atoms with Gasteiger partial charge in [0, 0.05) is 12.6 Å². The Balaban J connectivity index is 2.36. The number of nitrogens with one attached hydrogen (secondary N) is 1. The topological polar surface area (TPSA) is 76.4 Å².